The molecule has 3 rings (SSSR count). The minimum atomic E-state index is -3.23. The Morgan fingerprint density at radius 3 is 2.60 bits per heavy atom. The van der Waals surface area contributed by atoms with E-state index in [4.69, 9.17) is 10.5 Å². The molecule has 2 amide bonds. The van der Waals surface area contributed by atoms with Crippen LogP contribution in [0.3, 0.4) is 0 Å². The van der Waals surface area contributed by atoms with Gasteiger partial charge in [-0.05, 0) is 12.1 Å². The van der Waals surface area contributed by atoms with E-state index in [-0.39, 0.29) is 23.0 Å². The van der Waals surface area contributed by atoms with Crippen molar-refractivity contribution in [3.05, 3.63) is 18.3 Å². The first-order chi connectivity index (χ1) is 14.2. The van der Waals surface area contributed by atoms with E-state index in [0.717, 1.165) is 0 Å². The van der Waals surface area contributed by atoms with Crippen LogP contribution in [-0.4, -0.2) is 62.7 Å². The van der Waals surface area contributed by atoms with Crippen molar-refractivity contribution >= 4 is 17.7 Å². The number of likely N-dealkylation sites (tertiary alicyclic amines) is 1. The zero-order valence-electron chi connectivity index (χ0n) is 15.4. The lowest BCUT2D eigenvalue weighted by atomic mass is 9.80. The minimum Gasteiger partial charge on any atom is -0.389 e. The molecule has 1 aliphatic rings. The van der Waals surface area contributed by atoms with Crippen molar-refractivity contribution in [2.24, 2.45) is 18.2 Å². The molecule has 2 aromatic heterocycles. The van der Waals surface area contributed by atoms with E-state index >= 15 is 0 Å². The lowest BCUT2D eigenvalue weighted by molar-refractivity contribution is -0.145. The lowest BCUT2D eigenvalue weighted by Crippen LogP contribution is -2.64. The highest BCUT2D eigenvalue weighted by atomic mass is 19.3. The van der Waals surface area contributed by atoms with E-state index in [2.05, 4.69) is 20.6 Å². The van der Waals surface area contributed by atoms with Gasteiger partial charge in [0.15, 0.2) is 11.1 Å². The Morgan fingerprint density at radius 1 is 1.37 bits per heavy atom. The van der Waals surface area contributed by atoms with Gasteiger partial charge >= 0.3 is 6.09 Å². The Hall–Kier alpha value is -3.73. The molecular formula is C16H15F3N8O3. The van der Waals surface area contributed by atoms with Crippen molar-refractivity contribution in [1.29, 1.82) is 5.26 Å². The summed E-state index contributed by atoms with van der Waals surface area (Å²) in [7, 11) is 1.47. The molecule has 1 aliphatic heterocycles. The van der Waals surface area contributed by atoms with Gasteiger partial charge in [-0.2, -0.15) is 5.26 Å². The second kappa shape index (κ2) is 7.95. The molecule has 0 aliphatic carbocycles. The van der Waals surface area contributed by atoms with Gasteiger partial charge in [0.2, 0.25) is 12.2 Å². The number of pyridine rings is 1. The number of anilines is 1. The van der Waals surface area contributed by atoms with E-state index in [0.29, 0.717) is 4.90 Å². The fourth-order valence-corrected chi connectivity index (χ4v) is 2.82. The number of nitrogens with zero attached hydrogens (tertiary/aromatic N) is 6. The van der Waals surface area contributed by atoms with Crippen LogP contribution in [0.2, 0.25) is 0 Å². The molecule has 3 heterocycles. The number of rotatable bonds is 6. The first-order valence-electron chi connectivity index (χ1n) is 8.39. The molecule has 0 spiro atoms. The van der Waals surface area contributed by atoms with Crippen LogP contribution < -0.4 is 15.8 Å². The van der Waals surface area contributed by atoms with Gasteiger partial charge in [-0.1, -0.05) is 5.21 Å². The summed E-state index contributed by atoms with van der Waals surface area (Å²) < 4.78 is 44.2. The Bertz CT molecular complexity index is 998. The van der Waals surface area contributed by atoms with Crippen molar-refractivity contribution in [2.45, 2.75) is 12.7 Å². The Labute approximate surface area is 167 Å². The van der Waals surface area contributed by atoms with Gasteiger partial charge in [-0.15, -0.1) is 5.10 Å². The van der Waals surface area contributed by atoms with Gasteiger partial charge in [0.05, 0.1) is 23.6 Å². The zero-order chi connectivity index (χ0) is 22.1. The van der Waals surface area contributed by atoms with Crippen molar-refractivity contribution in [3.8, 4) is 23.3 Å². The van der Waals surface area contributed by atoms with E-state index in [1.807, 2.05) is 0 Å². The molecule has 30 heavy (non-hydrogen) atoms. The van der Waals surface area contributed by atoms with Gasteiger partial charge in [-0.3, -0.25) is 14.7 Å². The van der Waals surface area contributed by atoms with E-state index in [1.165, 1.54) is 30.1 Å². The summed E-state index contributed by atoms with van der Waals surface area (Å²) in [5, 5.41) is 19.3. The minimum absolute atomic E-state index is 0.0374. The van der Waals surface area contributed by atoms with Gasteiger partial charge in [0.25, 0.3) is 12.3 Å². The maximum absolute atomic E-state index is 13.3. The molecule has 1 atom stereocenters. The molecule has 11 nitrogen and oxygen atoms in total. The number of nitriles is 1. The molecule has 158 valence electrons. The van der Waals surface area contributed by atoms with Crippen molar-refractivity contribution < 1.29 is 27.5 Å². The number of hydrogen-bond acceptors (Lipinski definition) is 8. The Kier molecular flexibility index (Phi) is 5.56. The van der Waals surface area contributed by atoms with Crippen LogP contribution in [0.25, 0.3) is 11.4 Å². The molecule has 2 aromatic rings. The van der Waals surface area contributed by atoms with Crippen molar-refractivity contribution in [3.63, 3.8) is 0 Å². The largest absolute Gasteiger partial charge is 0.411 e. The summed E-state index contributed by atoms with van der Waals surface area (Å²) in [5.74, 6) is -0.806. The fraction of sp³-hybridized carbons (Fsp3) is 0.375. The summed E-state index contributed by atoms with van der Waals surface area (Å²) >= 11 is 0. The predicted octanol–water partition coefficient (Wildman–Crippen LogP) is 0.659. The number of nitrogens with two attached hydrogens (primary N) is 1. The highest BCUT2D eigenvalue weighted by Crippen LogP contribution is 2.35. The number of primary amides is 1. The van der Waals surface area contributed by atoms with Crippen LogP contribution in [-0.2, 0) is 11.8 Å². The molecule has 0 radical (unpaired) electrons. The molecule has 0 bridgehead atoms. The summed E-state index contributed by atoms with van der Waals surface area (Å²) in [6.45, 7) is -0.917. The predicted molar refractivity (Wildman–Crippen MR) is 93.6 cm³/mol. The number of hydrogen-bond donors (Lipinski definition) is 2. The van der Waals surface area contributed by atoms with Gasteiger partial charge in [-0.25, -0.2) is 22.6 Å². The second-order valence-electron chi connectivity index (χ2n) is 6.48. The number of carbonyl (C=O) groups excluding carboxylic acids is 2. The average molecular weight is 424 g/mol. The second-order valence-corrected chi connectivity index (χ2v) is 6.48. The number of halogens is 3. The third-order valence-corrected chi connectivity index (χ3v) is 4.39. The van der Waals surface area contributed by atoms with Gasteiger partial charge in [0.1, 0.15) is 0 Å². The molecule has 0 aromatic carbocycles. The van der Waals surface area contributed by atoms with Gasteiger partial charge in [0, 0.05) is 20.1 Å². The normalized spacial score (nSPS) is 16.4. The number of aromatic nitrogens is 4. The first-order valence-corrected chi connectivity index (χ1v) is 8.39. The lowest BCUT2D eigenvalue weighted by Gasteiger charge is -2.45. The maximum Gasteiger partial charge on any atom is 0.411 e. The topological polar surface area (TPSA) is 152 Å². The third-order valence-electron chi connectivity index (χ3n) is 4.39. The summed E-state index contributed by atoms with van der Waals surface area (Å²) in [5.41, 5.74) is 3.93. The van der Waals surface area contributed by atoms with Crippen LogP contribution >= 0.6 is 0 Å². The monoisotopic (exact) mass is 424 g/mol. The highest BCUT2D eigenvalue weighted by molar-refractivity contribution is 5.98. The molecule has 1 saturated heterocycles. The number of carbonyl (C=O) groups is 2. The molecular weight excluding hydrogens is 409 g/mol. The average Bonchev–Trinajstić information content (AvgIpc) is 3.01. The fourth-order valence-electron chi connectivity index (χ4n) is 2.82. The summed E-state index contributed by atoms with van der Waals surface area (Å²) in [6, 6.07) is 4.63. The Balaban J connectivity index is 1.70. The molecule has 1 fully saturated rings. The number of amides is 2. The van der Waals surface area contributed by atoms with E-state index in [9.17, 15) is 28.0 Å². The molecule has 3 N–H and O–H groups in total. The number of ether oxygens (including phenoxy) is 1. The smallest absolute Gasteiger partial charge is 0.389 e. The quantitative estimate of drug-likeness (QED) is 0.642. The first kappa shape index (κ1) is 21.0. The van der Waals surface area contributed by atoms with Crippen LogP contribution in [0, 0.1) is 16.7 Å². The highest BCUT2D eigenvalue weighted by Gasteiger charge is 2.53. The van der Waals surface area contributed by atoms with Crippen LogP contribution in [0.5, 0.6) is 5.88 Å². The molecule has 0 saturated carbocycles. The van der Waals surface area contributed by atoms with Gasteiger partial charge < -0.3 is 15.8 Å². The Morgan fingerprint density at radius 2 is 2.07 bits per heavy atom. The molecule has 1 unspecified atom stereocenters. The number of aryl methyl sites for hydroxylation is 1. The summed E-state index contributed by atoms with van der Waals surface area (Å²) in [4.78, 5) is 28.2. The maximum atomic E-state index is 13.3. The standard InChI is InChI=1S/C16H15F3N8O3/c1-26-13(30-15(21)29)10(24-25-26)9-3-2-8(4-22-9)23-14(28)16(5-20)6-27(7-16)12(19)11(17)18/h2-4,11-12H,6-7H2,1H3,(H2,21,29)(H,23,28). The van der Waals surface area contributed by atoms with Crippen LogP contribution in [0.1, 0.15) is 0 Å². The van der Waals surface area contributed by atoms with E-state index in [1.54, 1.807) is 6.07 Å². The van der Waals surface area contributed by atoms with Crippen LogP contribution in [0.15, 0.2) is 18.3 Å². The SMILES string of the molecule is Cn1nnc(-c2ccc(NC(=O)C3(C#N)CN(C(F)C(F)F)C3)cn2)c1OC(N)=O. The zero-order valence-corrected chi connectivity index (χ0v) is 15.4. The summed E-state index contributed by atoms with van der Waals surface area (Å²) in [6.07, 6.45) is -5.59. The molecule has 14 heteroatoms. The van der Waals surface area contributed by atoms with Crippen LogP contribution in [0.4, 0.5) is 23.7 Å². The number of alkyl halides is 3. The van der Waals surface area contributed by atoms with Crippen molar-refractivity contribution in [2.75, 3.05) is 18.4 Å². The van der Waals surface area contributed by atoms with E-state index < -0.39 is 43.2 Å². The van der Waals surface area contributed by atoms with Crippen molar-refractivity contribution in [1.82, 2.24) is 24.9 Å². The number of nitrogens with one attached hydrogen (secondary N) is 1. The third kappa shape index (κ3) is 3.87.